The lowest BCUT2D eigenvalue weighted by molar-refractivity contribution is -0.118. The van der Waals surface area contributed by atoms with Gasteiger partial charge >= 0.3 is 0 Å². The zero-order valence-electron chi connectivity index (χ0n) is 8.39. The van der Waals surface area contributed by atoms with Crippen LogP contribution in [0.2, 0.25) is 0 Å². The van der Waals surface area contributed by atoms with Crippen molar-refractivity contribution in [3.05, 3.63) is 0 Å². The summed E-state index contributed by atoms with van der Waals surface area (Å²) >= 11 is 1.52. The van der Waals surface area contributed by atoms with Gasteiger partial charge in [0.25, 0.3) is 0 Å². The van der Waals surface area contributed by atoms with Gasteiger partial charge in [0, 0.05) is 11.7 Å². The molecule has 0 saturated carbocycles. The fourth-order valence-corrected chi connectivity index (χ4v) is 2.83. The van der Waals surface area contributed by atoms with Crippen molar-refractivity contribution in [2.75, 3.05) is 5.75 Å². The van der Waals surface area contributed by atoms with E-state index in [1.807, 2.05) is 0 Å². The predicted molar refractivity (Wildman–Crippen MR) is 54.2 cm³/mol. The Balaban J connectivity index is 2.68. The molecule has 0 bridgehead atoms. The molecule has 1 saturated heterocycles. The second kappa shape index (κ2) is 3.41. The summed E-state index contributed by atoms with van der Waals surface area (Å²) in [6, 6.07) is 0. The van der Waals surface area contributed by atoms with Crippen molar-refractivity contribution >= 4 is 16.9 Å². The second-order valence-electron chi connectivity index (χ2n) is 4.89. The highest BCUT2D eigenvalue weighted by Gasteiger charge is 2.35. The van der Waals surface area contributed by atoms with Crippen molar-refractivity contribution in [2.24, 2.45) is 17.3 Å². The molecule has 2 heteroatoms. The van der Waals surface area contributed by atoms with Crippen LogP contribution >= 0.6 is 11.8 Å². The van der Waals surface area contributed by atoms with Crippen molar-refractivity contribution in [3.8, 4) is 0 Å². The smallest absolute Gasteiger partial charge is 0.192 e. The minimum atomic E-state index is 0.152. The minimum absolute atomic E-state index is 0.152. The lowest BCUT2D eigenvalue weighted by atomic mass is 9.77. The summed E-state index contributed by atoms with van der Waals surface area (Å²) in [6.07, 6.45) is 1.08. The molecule has 1 fully saturated rings. The first-order valence-electron chi connectivity index (χ1n) is 4.58. The summed E-state index contributed by atoms with van der Waals surface area (Å²) < 4.78 is 0. The molecule has 1 aliphatic heterocycles. The van der Waals surface area contributed by atoms with Crippen LogP contribution in [0.4, 0.5) is 0 Å². The topological polar surface area (TPSA) is 17.1 Å². The molecule has 1 heterocycles. The van der Waals surface area contributed by atoms with E-state index in [1.54, 1.807) is 0 Å². The van der Waals surface area contributed by atoms with Crippen molar-refractivity contribution < 1.29 is 4.79 Å². The van der Waals surface area contributed by atoms with Crippen molar-refractivity contribution in [1.29, 1.82) is 0 Å². The summed E-state index contributed by atoms with van der Waals surface area (Å²) in [5.74, 6) is 1.99. The van der Waals surface area contributed by atoms with Gasteiger partial charge in [-0.25, -0.2) is 0 Å². The summed E-state index contributed by atoms with van der Waals surface area (Å²) in [4.78, 5) is 11.5. The van der Waals surface area contributed by atoms with Gasteiger partial charge in [-0.3, -0.25) is 4.79 Å². The average Bonchev–Trinajstić information content (AvgIpc) is 1.92. The van der Waals surface area contributed by atoms with E-state index in [1.165, 1.54) is 11.8 Å². The third-order valence-electron chi connectivity index (χ3n) is 2.48. The third kappa shape index (κ3) is 2.25. The Bertz CT molecular complexity index is 181. The van der Waals surface area contributed by atoms with Crippen molar-refractivity contribution in [3.63, 3.8) is 0 Å². The summed E-state index contributed by atoms with van der Waals surface area (Å²) in [5, 5.41) is 0.403. The third-order valence-corrected chi connectivity index (χ3v) is 3.78. The van der Waals surface area contributed by atoms with Gasteiger partial charge in [-0.15, -0.1) is 0 Å². The van der Waals surface area contributed by atoms with Crippen LogP contribution in [0.25, 0.3) is 0 Å². The SMILES string of the molecule is CC1CSC(=O)C(C(C)(C)C)C1. The molecular weight excluding hydrogens is 168 g/mol. The molecule has 0 radical (unpaired) electrons. The first-order chi connectivity index (χ1) is 5.41. The first-order valence-corrected chi connectivity index (χ1v) is 5.56. The molecule has 0 N–H and O–H groups in total. The molecule has 0 aromatic carbocycles. The molecule has 12 heavy (non-hydrogen) atoms. The maximum Gasteiger partial charge on any atom is 0.192 e. The van der Waals surface area contributed by atoms with Crippen molar-refractivity contribution in [1.82, 2.24) is 0 Å². The Morgan fingerprint density at radius 1 is 1.42 bits per heavy atom. The highest BCUT2D eigenvalue weighted by Crippen LogP contribution is 2.39. The molecule has 0 spiro atoms. The molecule has 0 amide bonds. The molecular formula is C10H18OS. The second-order valence-corrected chi connectivity index (χ2v) is 5.91. The highest BCUT2D eigenvalue weighted by molar-refractivity contribution is 8.13. The van der Waals surface area contributed by atoms with Gasteiger partial charge in [-0.2, -0.15) is 0 Å². The normalized spacial score (nSPS) is 32.2. The Morgan fingerprint density at radius 3 is 2.42 bits per heavy atom. The number of carbonyl (C=O) groups is 1. The number of hydrogen-bond donors (Lipinski definition) is 0. The molecule has 70 valence electrons. The van der Waals surface area contributed by atoms with E-state index < -0.39 is 0 Å². The van der Waals surface area contributed by atoms with Gasteiger partial charge in [0.1, 0.15) is 0 Å². The maximum atomic E-state index is 11.5. The van der Waals surface area contributed by atoms with E-state index in [9.17, 15) is 4.79 Å². The van der Waals surface area contributed by atoms with E-state index in [4.69, 9.17) is 0 Å². The van der Waals surface area contributed by atoms with Crippen LogP contribution in [0.15, 0.2) is 0 Å². The zero-order chi connectivity index (χ0) is 9.35. The molecule has 2 unspecified atom stereocenters. The minimum Gasteiger partial charge on any atom is -0.287 e. The number of rotatable bonds is 0. The summed E-state index contributed by atoms with van der Waals surface area (Å²) in [6.45, 7) is 8.72. The van der Waals surface area contributed by atoms with E-state index in [-0.39, 0.29) is 11.3 Å². The van der Waals surface area contributed by atoms with Crippen LogP contribution in [-0.4, -0.2) is 10.9 Å². The van der Waals surface area contributed by atoms with Gasteiger partial charge < -0.3 is 0 Å². The molecule has 0 aliphatic carbocycles. The van der Waals surface area contributed by atoms with Gasteiger partial charge in [0.05, 0.1) is 0 Å². The van der Waals surface area contributed by atoms with Crippen LogP contribution in [0.5, 0.6) is 0 Å². The van der Waals surface area contributed by atoms with E-state index >= 15 is 0 Å². The van der Waals surface area contributed by atoms with E-state index in [0.29, 0.717) is 11.0 Å². The van der Waals surface area contributed by atoms with Crippen LogP contribution in [0, 0.1) is 17.3 Å². The first kappa shape index (κ1) is 10.1. The van der Waals surface area contributed by atoms with Crippen LogP contribution in [0.3, 0.4) is 0 Å². The van der Waals surface area contributed by atoms with Crippen molar-refractivity contribution in [2.45, 2.75) is 34.1 Å². The fraction of sp³-hybridized carbons (Fsp3) is 0.900. The Labute approximate surface area is 79.3 Å². The Hall–Kier alpha value is 0.0200. The van der Waals surface area contributed by atoms with E-state index in [0.717, 1.165) is 12.2 Å². The van der Waals surface area contributed by atoms with Gasteiger partial charge in [0.15, 0.2) is 5.12 Å². The van der Waals surface area contributed by atoms with Crippen LogP contribution in [0.1, 0.15) is 34.1 Å². The zero-order valence-corrected chi connectivity index (χ0v) is 9.20. The predicted octanol–water partition coefficient (Wildman–Crippen LogP) is 2.95. The molecule has 0 aromatic rings. The van der Waals surface area contributed by atoms with Gasteiger partial charge in [-0.05, 0) is 17.8 Å². The molecule has 1 rings (SSSR count). The van der Waals surface area contributed by atoms with Crippen LogP contribution in [-0.2, 0) is 4.79 Å². The molecule has 2 atom stereocenters. The Morgan fingerprint density at radius 2 is 2.00 bits per heavy atom. The van der Waals surface area contributed by atoms with Crippen LogP contribution < -0.4 is 0 Å². The lowest BCUT2D eigenvalue weighted by Gasteiger charge is -2.34. The summed E-state index contributed by atoms with van der Waals surface area (Å²) in [7, 11) is 0. The van der Waals surface area contributed by atoms with E-state index in [2.05, 4.69) is 27.7 Å². The maximum absolute atomic E-state index is 11.5. The average molecular weight is 186 g/mol. The van der Waals surface area contributed by atoms with Gasteiger partial charge in [0.2, 0.25) is 0 Å². The molecule has 1 nitrogen and oxygen atoms in total. The molecule has 1 aliphatic rings. The highest BCUT2D eigenvalue weighted by atomic mass is 32.2. The van der Waals surface area contributed by atoms with Gasteiger partial charge in [-0.1, -0.05) is 39.5 Å². The number of thioether (sulfide) groups is 1. The standard InChI is InChI=1S/C10H18OS/c1-7-5-8(10(2,3)4)9(11)12-6-7/h7-8H,5-6H2,1-4H3. The fourth-order valence-electron chi connectivity index (χ4n) is 1.60. The molecule has 0 aromatic heterocycles. The Kier molecular flexibility index (Phi) is 2.87. The lowest BCUT2D eigenvalue weighted by Crippen LogP contribution is -2.32. The summed E-state index contributed by atoms with van der Waals surface area (Å²) in [5.41, 5.74) is 0.152. The largest absolute Gasteiger partial charge is 0.287 e. The quantitative estimate of drug-likeness (QED) is 0.578. The monoisotopic (exact) mass is 186 g/mol. The number of hydrogen-bond acceptors (Lipinski definition) is 2. The number of carbonyl (C=O) groups excluding carboxylic acids is 1.